The second-order valence-electron chi connectivity index (χ2n) is 4.71. The summed E-state index contributed by atoms with van der Waals surface area (Å²) in [7, 11) is 0. The molecule has 1 N–H and O–H groups in total. The maximum Gasteiger partial charge on any atom is 0.314 e. The zero-order chi connectivity index (χ0) is 12.7. The highest BCUT2D eigenvalue weighted by Crippen LogP contribution is 2.47. The molecule has 1 fully saturated rings. The first-order valence-electron chi connectivity index (χ1n) is 5.52. The van der Waals surface area contributed by atoms with Crippen LogP contribution < -0.4 is 0 Å². The van der Waals surface area contributed by atoms with Gasteiger partial charge in [0.25, 0.3) is 0 Å². The van der Waals surface area contributed by atoms with Crippen LogP contribution in [0.2, 0.25) is 0 Å². The number of thiophene rings is 1. The van der Waals surface area contributed by atoms with Crippen molar-refractivity contribution in [2.75, 3.05) is 0 Å². The van der Waals surface area contributed by atoms with Gasteiger partial charge in [-0.05, 0) is 41.7 Å². The van der Waals surface area contributed by atoms with Crippen molar-refractivity contribution in [3.05, 3.63) is 21.9 Å². The van der Waals surface area contributed by atoms with E-state index >= 15 is 0 Å². The van der Waals surface area contributed by atoms with Crippen molar-refractivity contribution >= 4 is 17.3 Å². The minimum Gasteiger partial charge on any atom is -0.481 e. The molecule has 5 heteroatoms. The Balaban J connectivity index is 2.37. The van der Waals surface area contributed by atoms with E-state index in [1.807, 2.05) is 12.3 Å². The Morgan fingerprint density at radius 1 is 1.29 bits per heavy atom. The van der Waals surface area contributed by atoms with Gasteiger partial charge in [0.05, 0.1) is 5.41 Å². The van der Waals surface area contributed by atoms with Gasteiger partial charge in [0.2, 0.25) is 5.92 Å². The summed E-state index contributed by atoms with van der Waals surface area (Å²) in [5.41, 5.74) is 0.499. The van der Waals surface area contributed by atoms with Crippen LogP contribution in [0.5, 0.6) is 0 Å². The SMILES string of the molecule is Cc1cscc1C1(C(=O)O)CCC(F)(F)CC1. The summed E-state index contributed by atoms with van der Waals surface area (Å²) in [6, 6.07) is 0. The highest BCUT2D eigenvalue weighted by molar-refractivity contribution is 7.08. The van der Waals surface area contributed by atoms with Gasteiger partial charge >= 0.3 is 5.97 Å². The molecule has 1 saturated carbocycles. The molecule has 0 radical (unpaired) electrons. The largest absolute Gasteiger partial charge is 0.481 e. The van der Waals surface area contributed by atoms with Crippen molar-refractivity contribution in [3.8, 4) is 0 Å². The molecule has 1 aliphatic rings. The van der Waals surface area contributed by atoms with Crippen LogP contribution in [0.1, 0.15) is 36.8 Å². The van der Waals surface area contributed by atoms with Crippen LogP contribution in [-0.4, -0.2) is 17.0 Å². The van der Waals surface area contributed by atoms with Crippen LogP contribution in [-0.2, 0) is 10.2 Å². The van der Waals surface area contributed by atoms with E-state index in [4.69, 9.17) is 0 Å². The van der Waals surface area contributed by atoms with Crippen LogP contribution in [0, 0.1) is 6.92 Å². The first-order chi connectivity index (χ1) is 7.87. The average molecular weight is 260 g/mol. The number of carboxylic acids is 1. The van der Waals surface area contributed by atoms with Crippen LogP contribution in [0.3, 0.4) is 0 Å². The number of alkyl halides is 2. The van der Waals surface area contributed by atoms with Crippen molar-refractivity contribution in [1.29, 1.82) is 0 Å². The lowest BCUT2D eigenvalue weighted by Gasteiger charge is -2.37. The summed E-state index contributed by atoms with van der Waals surface area (Å²) >= 11 is 1.42. The molecule has 0 amide bonds. The molecule has 94 valence electrons. The zero-order valence-electron chi connectivity index (χ0n) is 9.50. The topological polar surface area (TPSA) is 37.3 Å². The molecule has 2 nitrogen and oxygen atoms in total. The Labute approximate surface area is 102 Å². The monoisotopic (exact) mass is 260 g/mol. The van der Waals surface area contributed by atoms with Crippen molar-refractivity contribution in [1.82, 2.24) is 0 Å². The van der Waals surface area contributed by atoms with E-state index in [0.29, 0.717) is 5.56 Å². The standard InChI is InChI=1S/C12H14F2O2S/c1-8-6-17-7-9(8)11(10(15)16)2-4-12(13,14)5-3-11/h6-7H,2-5H2,1H3,(H,15,16). The van der Waals surface area contributed by atoms with Gasteiger partial charge in [0, 0.05) is 12.8 Å². The molecule has 0 bridgehead atoms. The number of hydrogen-bond donors (Lipinski definition) is 1. The van der Waals surface area contributed by atoms with Gasteiger partial charge in [0.1, 0.15) is 0 Å². The van der Waals surface area contributed by atoms with E-state index in [9.17, 15) is 18.7 Å². The highest BCUT2D eigenvalue weighted by Gasteiger charge is 2.49. The Kier molecular flexibility index (Phi) is 2.97. The molecule has 0 aliphatic heterocycles. The van der Waals surface area contributed by atoms with Crippen molar-refractivity contribution in [2.45, 2.75) is 43.9 Å². The number of hydrogen-bond acceptors (Lipinski definition) is 2. The molecule has 1 aromatic heterocycles. The summed E-state index contributed by atoms with van der Waals surface area (Å²) in [6.45, 7) is 1.84. The number of carbonyl (C=O) groups is 1. The molecule has 0 aromatic carbocycles. The molecule has 0 atom stereocenters. The molecule has 0 spiro atoms. The molecule has 0 unspecified atom stereocenters. The number of carboxylic acid groups (broad SMARTS) is 1. The van der Waals surface area contributed by atoms with Crippen LogP contribution in [0.15, 0.2) is 10.8 Å². The van der Waals surface area contributed by atoms with Crippen molar-refractivity contribution in [2.24, 2.45) is 0 Å². The average Bonchev–Trinajstić information content (AvgIpc) is 2.65. The van der Waals surface area contributed by atoms with E-state index in [2.05, 4.69) is 0 Å². The van der Waals surface area contributed by atoms with Gasteiger partial charge in [-0.25, -0.2) is 8.78 Å². The normalized spacial score (nSPS) is 22.3. The number of halogens is 2. The van der Waals surface area contributed by atoms with E-state index < -0.39 is 17.3 Å². The Morgan fingerprint density at radius 2 is 1.88 bits per heavy atom. The lowest BCUT2D eigenvalue weighted by Crippen LogP contribution is -2.42. The lowest BCUT2D eigenvalue weighted by molar-refractivity contribution is -0.149. The van der Waals surface area contributed by atoms with E-state index in [-0.39, 0.29) is 25.7 Å². The van der Waals surface area contributed by atoms with Crippen molar-refractivity contribution in [3.63, 3.8) is 0 Å². The van der Waals surface area contributed by atoms with Gasteiger partial charge < -0.3 is 5.11 Å². The van der Waals surface area contributed by atoms with Gasteiger partial charge in [-0.1, -0.05) is 0 Å². The number of rotatable bonds is 2. The second kappa shape index (κ2) is 4.05. The Hall–Kier alpha value is -0.970. The summed E-state index contributed by atoms with van der Waals surface area (Å²) in [4.78, 5) is 11.5. The molecule has 17 heavy (non-hydrogen) atoms. The number of aliphatic carboxylic acids is 1. The highest BCUT2D eigenvalue weighted by atomic mass is 32.1. The lowest BCUT2D eigenvalue weighted by atomic mass is 9.68. The molecule has 1 aromatic rings. The first-order valence-corrected chi connectivity index (χ1v) is 6.46. The van der Waals surface area contributed by atoms with Gasteiger partial charge in [-0.15, -0.1) is 0 Å². The van der Waals surface area contributed by atoms with Crippen LogP contribution in [0.4, 0.5) is 8.78 Å². The molecule has 1 heterocycles. The third kappa shape index (κ3) is 2.08. The smallest absolute Gasteiger partial charge is 0.314 e. The molecular formula is C12H14F2O2S. The fourth-order valence-electron chi connectivity index (χ4n) is 2.49. The Morgan fingerprint density at radius 3 is 2.29 bits per heavy atom. The summed E-state index contributed by atoms with van der Waals surface area (Å²) in [5.74, 6) is -3.68. The van der Waals surface area contributed by atoms with E-state index in [0.717, 1.165) is 5.56 Å². The predicted molar refractivity (Wildman–Crippen MR) is 61.8 cm³/mol. The van der Waals surface area contributed by atoms with Gasteiger partial charge in [-0.3, -0.25) is 4.79 Å². The van der Waals surface area contributed by atoms with E-state index in [1.165, 1.54) is 11.3 Å². The molecule has 0 saturated heterocycles. The summed E-state index contributed by atoms with van der Waals surface area (Å²) in [6.07, 6.45) is -0.636. The maximum absolute atomic E-state index is 13.2. The quantitative estimate of drug-likeness (QED) is 0.882. The second-order valence-corrected chi connectivity index (χ2v) is 5.46. The fraction of sp³-hybridized carbons (Fsp3) is 0.583. The molecule has 2 rings (SSSR count). The third-order valence-corrected chi connectivity index (χ3v) is 4.48. The fourth-order valence-corrected chi connectivity index (χ4v) is 3.44. The first kappa shape index (κ1) is 12.5. The minimum absolute atomic E-state index is 0.0207. The predicted octanol–water partition coefficient (Wildman–Crippen LogP) is 3.59. The van der Waals surface area contributed by atoms with Crippen LogP contribution >= 0.6 is 11.3 Å². The zero-order valence-corrected chi connectivity index (χ0v) is 10.3. The van der Waals surface area contributed by atoms with Crippen molar-refractivity contribution < 1.29 is 18.7 Å². The van der Waals surface area contributed by atoms with Gasteiger partial charge in [0.15, 0.2) is 0 Å². The Bertz CT molecular complexity index is 429. The number of aryl methyl sites for hydroxylation is 1. The minimum atomic E-state index is -2.71. The molecule has 1 aliphatic carbocycles. The van der Waals surface area contributed by atoms with E-state index in [1.54, 1.807) is 5.38 Å². The maximum atomic E-state index is 13.2. The van der Waals surface area contributed by atoms with Gasteiger partial charge in [-0.2, -0.15) is 11.3 Å². The third-order valence-electron chi connectivity index (χ3n) is 3.62. The summed E-state index contributed by atoms with van der Waals surface area (Å²) < 4.78 is 26.3. The molecular weight excluding hydrogens is 246 g/mol. The van der Waals surface area contributed by atoms with Crippen LogP contribution in [0.25, 0.3) is 0 Å². The summed E-state index contributed by atoms with van der Waals surface area (Å²) in [5, 5.41) is 13.1.